The van der Waals surface area contributed by atoms with E-state index in [1.807, 2.05) is 69.2 Å². The van der Waals surface area contributed by atoms with Crippen molar-refractivity contribution in [3.05, 3.63) is 149 Å². The zero-order chi connectivity index (χ0) is 57.4. The highest BCUT2D eigenvalue weighted by atomic mass is 32.1. The first kappa shape index (κ1) is 65.2. The lowest BCUT2D eigenvalue weighted by molar-refractivity contribution is 0.379. The van der Waals surface area contributed by atoms with Crippen LogP contribution in [0, 0.1) is 17.5 Å². The molecule has 27 heteroatoms. The van der Waals surface area contributed by atoms with Crippen LogP contribution in [0.25, 0.3) is 0 Å². The molecule has 0 atom stereocenters. The molecule has 0 aliphatic rings. The predicted molar refractivity (Wildman–Crippen MR) is 281 cm³/mol. The van der Waals surface area contributed by atoms with Crippen molar-refractivity contribution in [1.29, 1.82) is 0 Å². The van der Waals surface area contributed by atoms with Gasteiger partial charge in [-0.3, -0.25) is 39.4 Å². The van der Waals surface area contributed by atoms with Gasteiger partial charge in [0.05, 0.1) is 11.3 Å². The van der Waals surface area contributed by atoms with Gasteiger partial charge in [-0.15, -0.1) is 5.10 Å². The average Bonchev–Trinajstić information content (AvgIpc) is 4.20. The zero-order valence-electron chi connectivity index (χ0n) is 45.5. The highest BCUT2D eigenvalue weighted by Crippen LogP contribution is 2.28. The smallest absolute Gasteiger partial charge is 0.438 e. The van der Waals surface area contributed by atoms with E-state index < -0.39 is 28.2 Å². The van der Waals surface area contributed by atoms with Gasteiger partial charge >= 0.3 is 22.8 Å². The fraction of sp³-hybridized carbons (Fsp3) is 0.521. The molecule has 0 aliphatic carbocycles. The number of benzene rings is 1. The molecule has 75 heavy (non-hydrogen) atoms. The van der Waals surface area contributed by atoms with Crippen molar-refractivity contribution in [3.8, 4) is 11.5 Å². The highest BCUT2D eigenvalue weighted by molar-refractivity contribution is 7.71. The number of H-pyrrole nitrogens is 8. The molecule has 0 unspecified atom stereocenters. The number of hydrogen-bond donors (Lipinski definition) is 10. The predicted octanol–water partition coefficient (Wildman–Crippen LogP) is 7.88. The van der Waals surface area contributed by atoms with Crippen LogP contribution in [0.2, 0.25) is 0 Å². The van der Waals surface area contributed by atoms with Crippen LogP contribution in [0.1, 0.15) is 210 Å². The minimum atomic E-state index is -0.747. The van der Waals surface area contributed by atoms with E-state index >= 15 is 0 Å². The number of hydrogen-bond acceptors (Lipinski definition) is 18. The van der Waals surface area contributed by atoms with E-state index in [1.54, 1.807) is 32.9 Å². The van der Waals surface area contributed by atoms with Gasteiger partial charge in [-0.25, -0.2) is 48.9 Å². The second kappa shape index (κ2) is 31.7. The number of nitrogens with one attached hydrogen (secondary N) is 8. The number of aryl methyl sites for hydroxylation is 1. The fourth-order valence-corrected chi connectivity index (χ4v) is 5.37. The van der Waals surface area contributed by atoms with Crippen LogP contribution in [-0.4, -0.2) is 81.3 Å². The normalized spacial score (nSPS) is 10.6. The van der Waals surface area contributed by atoms with Crippen LogP contribution in [0.15, 0.2) is 66.8 Å². The van der Waals surface area contributed by atoms with E-state index in [0.717, 1.165) is 17.3 Å². The van der Waals surface area contributed by atoms with Crippen LogP contribution in [-0.2, 0) is 0 Å². The van der Waals surface area contributed by atoms with E-state index in [1.165, 1.54) is 12.4 Å². The summed E-state index contributed by atoms with van der Waals surface area (Å²) in [5.74, 6) is 3.53. The molecule has 0 fully saturated rings. The largest absolute Gasteiger partial charge is 0.505 e. The number of aromatic hydroxyl groups is 2. The van der Waals surface area contributed by atoms with Crippen LogP contribution in [0.3, 0.4) is 0 Å². The van der Waals surface area contributed by atoms with E-state index in [-0.39, 0.29) is 58.0 Å². The molecule has 0 bridgehead atoms. The Balaban J connectivity index is 0.000000430. The number of nitrogens with zero attached hydrogens (tertiary/aromatic N) is 6. The van der Waals surface area contributed by atoms with Gasteiger partial charge in [-0.1, -0.05) is 128 Å². The van der Waals surface area contributed by atoms with Gasteiger partial charge in [0.15, 0.2) is 23.1 Å². The van der Waals surface area contributed by atoms with Crippen molar-refractivity contribution < 1.29 is 28.1 Å². The summed E-state index contributed by atoms with van der Waals surface area (Å²) < 4.78 is 27.1. The Hall–Kier alpha value is -7.84. The summed E-state index contributed by atoms with van der Waals surface area (Å²) in [5.41, 5.74) is 0.439. The number of phenolic OH excluding ortho intramolecular Hbond substituents is 1. The quantitative estimate of drug-likeness (QED) is 0.0510. The van der Waals surface area contributed by atoms with Crippen LogP contribution in [0.5, 0.6) is 11.5 Å². The number of phenols is 1. The first-order valence-corrected chi connectivity index (χ1v) is 24.2. The average molecular weight is 1070 g/mol. The van der Waals surface area contributed by atoms with Crippen molar-refractivity contribution in [2.24, 2.45) is 0 Å². The minimum Gasteiger partial charge on any atom is -0.505 e. The monoisotopic (exact) mass is 1070 g/mol. The molecule has 0 spiro atoms. The molecule has 0 saturated heterocycles. The van der Waals surface area contributed by atoms with Crippen molar-refractivity contribution in [2.75, 3.05) is 0 Å². The molecule has 0 aliphatic heterocycles. The number of aromatic amines is 8. The second-order valence-corrected chi connectivity index (χ2v) is 19.2. The van der Waals surface area contributed by atoms with Gasteiger partial charge in [0.25, 0.3) is 5.43 Å². The summed E-state index contributed by atoms with van der Waals surface area (Å²) in [5, 5.41) is 48.0. The Bertz CT molecular complexity index is 2920. The lowest BCUT2D eigenvalue weighted by Crippen LogP contribution is -2.34. The number of aromatic nitrogens is 14. The molecule has 0 amide bonds. The maximum absolute atomic E-state index is 13.3. The fourth-order valence-electron chi connectivity index (χ4n) is 5.22. The SMILES string of the molecule is CC(C)c1c(O)c(=O)c1=O.CC(C)c1cc(=O)o[nH]1.CC(C)c1n[nH]c(=O)[nH]1.CC(C)c1n[nH]c(=O)o1.CC(C)c1nc(=S)[nH][nH]1.CC(C)c1ncn[nH]1.CC(C)c1noc(=O)[nH]1.Cc1ccc(C(C)C)c(F)c1O. The first-order valence-electron chi connectivity index (χ1n) is 23.8. The van der Waals surface area contributed by atoms with Gasteiger partial charge in [0, 0.05) is 35.7 Å². The van der Waals surface area contributed by atoms with Crippen molar-refractivity contribution in [1.82, 2.24) is 71.0 Å². The lowest BCUT2D eigenvalue weighted by atomic mass is 9.98. The zero-order valence-corrected chi connectivity index (χ0v) is 46.3. The Morgan fingerprint density at radius 1 is 0.613 bits per heavy atom. The molecule has 10 N–H and O–H groups in total. The first-order chi connectivity index (χ1) is 34.9. The van der Waals surface area contributed by atoms with Crippen LogP contribution in [0.4, 0.5) is 4.39 Å². The molecule has 6 heterocycles. The van der Waals surface area contributed by atoms with Crippen molar-refractivity contribution in [2.45, 2.75) is 165 Å². The van der Waals surface area contributed by atoms with Gasteiger partial charge in [-0.05, 0) is 48.0 Å². The maximum atomic E-state index is 13.3. The van der Waals surface area contributed by atoms with Crippen LogP contribution >= 0.6 is 12.2 Å². The van der Waals surface area contributed by atoms with Gasteiger partial charge in [-0.2, -0.15) is 10.2 Å². The molecular weight excluding hydrogens is 1000 g/mol. The van der Waals surface area contributed by atoms with E-state index in [2.05, 4.69) is 112 Å². The summed E-state index contributed by atoms with van der Waals surface area (Å²) in [6.45, 7) is 32.8. The van der Waals surface area contributed by atoms with Gasteiger partial charge < -0.3 is 19.2 Å². The summed E-state index contributed by atoms with van der Waals surface area (Å²) >= 11 is 4.75. The molecule has 0 saturated carbocycles. The third-order valence-corrected chi connectivity index (χ3v) is 9.89. The Kier molecular flexibility index (Phi) is 27.5. The molecule has 2 aromatic carbocycles. The second-order valence-electron chi connectivity index (χ2n) is 18.8. The van der Waals surface area contributed by atoms with Gasteiger partial charge in [0.1, 0.15) is 23.8 Å². The Labute approximate surface area is 435 Å². The molecule has 8 aromatic rings. The topological polar surface area (TPSA) is 386 Å². The third-order valence-electron chi connectivity index (χ3n) is 9.70. The van der Waals surface area contributed by atoms with Crippen molar-refractivity contribution >= 4 is 12.2 Å². The number of rotatable bonds is 8. The van der Waals surface area contributed by atoms with E-state index in [0.29, 0.717) is 51.2 Å². The molecule has 0 radical (unpaired) electrons. The lowest BCUT2D eigenvalue weighted by Gasteiger charge is -2.09. The molecule has 414 valence electrons. The molecule has 6 aromatic heterocycles. The number of halogens is 1. The summed E-state index contributed by atoms with van der Waals surface area (Å²) in [7, 11) is 0. The summed E-state index contributed by atoms with van der Waals surface area (Å²) in [6.07, 6.45) is 1.52. The molecule has 8 rings (SSSR count). The summed E-state index contributed by atoms with van der Waals surface area (Å²) in [6, 6.07) is 4.91. The van der Waals surface area contributed by atoms with E-state index in [9.17, 15) is 38.3 Å². The third kappa shape index (κ3) is 22.9. The van der Waals surface area contributed by atoms with Crippen molar-refractivity contribution in [3.63, 3.8) is 0 Å². The highest BCUT2D eigenvalue weighted by Gasteiger charge is 2.21. The Morgan fingerprint density at radius 2 is 1.21 bits per heavy atom. The standard InChI is InChI=1S/C10H13FO.C7H8O3.C6H9NO2.C5H9N3O.C5H9N3S.C5H9N3.2C5H8N2O2/c1-6(2)8-5-4-7(3)10(12)9(8)11;1-3(2)4-5(8)7(10)6(4)9;1-4(2)5-3-6(8)9-7-5;2*1-3(2)4-6-5(9)8-7-4;1-4(2)5-6-3-7-8-5;1-3(2)4-6-7-5(8)9-4;1-3(2)4-6-5(8)9-7-4/h4-6,12H,1-3H3;3,8H,1-2H3;3-4,7H,1-2H3;2*3H,1-2H3,(H2,6,7,8,9);3-4H,1-2H3,(H,6,7,8);3H,1-2H3,(H,7,8);3H,1-2H3,(H,6,7,8). The van der Waals surface area contributed by atoms with Crippen LogP contribution < -0.4 is 33.7 Å². The minimum absolute atomic E-state index is 0.0507. The molecule has 25 nitrogen and oxygen atoms in total. The maximum Gasteiger partial charge on any atom is 0.438 e. The van der Waals surface area contributed by atoms with E-state index in [4.69, 9.17) is 17.3 Å². The molecular formula is C48H73FN14O11S. The summed E-state index contributed by atoms with van der Waals surface area (Å²) in [4.78, 5) is 75.5. The Morgan fingerprint density at radius 3 is 1.48 bits per heavy atom. The van der Waals surface area contributed by atoms with Gasteiger partial charge in [0.2, 0.25) is 16.1 Å².